The Balaban J connectivity index is 1.40. The van der Waals surface area contributed by atoms with E-state index in [-0.39, 0.29) is 29.1 Å². The van der Waals surface area contributed by atoms with Crippen molar-refractivity contribution in [3.63, 3.8) is 0 Å². The highest BCUT2D eigenvalue weighted by molar-refractivity contribution is 5.97. The van der Waals surface area contributed by atoms with Crippen LogP contribution >= 0.6 is 0 Å². The minimum Gasteiger partial charge on any atom is -0.489 e. The molecule has 2 aliphatic rings. The first-order valence-electron chi connectivity index (χ1n) is 14.8. The van der Waals surface area contributed by atoms with Crippen molar-refractivity contribution in [2.24, 2.45) is 0 Å². The number of carbonyl (C=O) groups is 1. The molecule has 8 nitrogen and oxygen atoms in total. The van der Waals surface area contributed by atoms with Crippen molar-refractivity contribution in [2.45, 2.75) is 63.0 Å². The number of nitrogens with zero attached hydrogens (tertiary/aromatic N) is 4. The normalized spacial score (nSPS) is 19.3. The lowest BCUT2D eigenvalue weighted by Crippen LogP contribution is -2.45. The molecule has 0 bridgehead atoms. The number of halogens is 3. The maximum Gasteiger partial charge on any atom is 0.398 e. The third-order valence-electron chi connectivity index (χ3n) is 8.24. The summed E-state index contributed by atoms with van der Waals surface area (Å²) >= 11 is 0. The van der Waals surface area contributed by atoms with Crippen molar-refractivity contribution in [3.8, 4) is 5.75 Å². The zero-order valence-corrected chi connectivity index (χ0v) is 24.4. The van der Waals surface area contributed by atoms with Gasteiger partial charge in [-0.15, -0.1) is 0 Å². The van der Waals surface area contributed by atoms with E-state index >= 15 is 0 Å². The van der Waals surface area contributed by atoms with Gasteiger partial charge < -0.3 is 20.1 Å². The summed E-state index contributed by atoms with van der Waals surface area (Å²) in [4.78, 5) is 19.4. The quantitative estimate of drug-likeness (QED) is 0.267. The van der Waals surface area contributed by atoms with Gasteiger partial charge in [0.1, 0.15) is 35.4 Å². The van der Waals surface area contributed by atoms with E-state index < -0.39 is 30.1 Å². The van der Waals surface area contributed by atoms with Crippen LogP contribution in [-0.4, -0.2) is 57.3 Å². The summed E-state index contributed by atoms with van der Waals surface area (Å²) in [5, 5.41) is 18.1. The van der Waals surface area contributed by atoms with Crippen LogP contribution in [0.3, 0.4) is 0 Å². The van der Waals surface area contributed by atoms with Crippen LogP contribution in [0.2, 0.25) is 0 Å². The molecule has 2 aliphatic heterocycles. The fourth-order valence-electron chi connectivity index (χ4n) is 6.26. The minimum atomic E-state index is -4.87. The van der Waals surface area contributed by atoms with E-state index in [9.17, 15) is 23.1 Å². The van der Waals surface area contributed by atoms with Crippen LogP contribution in [0.25, 0.3) is 0 Å². The number of aliphatic hydroxyl groups excluding tert-OH is 1. The number of hydrogen-bond acceptors (Lipinski definition) is 6. The molecule has 44 heavy (non-hydrogen) atoms. The molecule has 2 atom stereocenters. The number of amides is 1. The van der Waals surface area contributed by atoms with Crippen LogP contribution in [0.4, 0.5) is 24.8 Å². The number of fused-ring (bicyclic) bond motifs is 1. The van der Waals surface area contributed by atoms with Crippen molar-refractivity contribution in [1.82, 2.24) is 14.8 Å². The molecule has 0 spiro atoms. The maximum absolute atomic E-state index is 14.6. The summed E-state index contributed by atoms with van der Waals surface area (Å²) < 4.78 is 51.1. The Bertz CT molecular complexity index is 1550. The molecule has 230 valence electrons. The molecule has 2 aromatic carbocycles. The average Bonchev–Trinajstić information content (AvgIpc) is 3.36. The molecular weight excluding hydrogens is 571 g/mol. The number of rotatable bonds is 7. The second kappa shape index (κ2) is 12.0. The number of anilines is 2. The summed E-state index contributed by atoms with van der Waals surface area (Å²) in [6.07, 6.45) is -4.41. The van der Waals surface area contributed by atoms with Gasteiger partial charge in [-0.05, 0) is 49.9 Å². The highest BCUT2D eigenvalue weighted by atomic mass is 19.4. The molecule has 0 unspecified atom stereocenters. The summed E-state index contributed by atoms with van der Waals surface area (Å²) in [5.74, 6) is -2.42. The van der Waals surface area contributed by atoms with E-state index in [2.05, 4.69) is 15.2 Å². The topological polar surface area (TPSA) is 92.5 Å². The SMILES string of the molecule is CC(C)Oc1ccc(N2CCC(c3nn(C(c4ccccc4)c4ccccc4)c4c3[C@@H](C(F)(F)F)[C@H](O)C(=O)N4)CC2)nc1. The van der Waals surface area contributed by atoms with Crippen LogP contribution in [0.1, 0.15) is 67.0 Å². The number of hydrogen-bond donors (Lipinski definition) is 2. The van der Waals surface area contributed by atoms with E-state index in [0.29, 0.717) is 31.7 Å². The van der Waals surface area contributed by atoms with Crippen LogP contribution < -0.4 is 15.0 Å². The Kier molecular flexibility index (Phi) is 8.06. The second-order valence-electron chi connectivity index (χ2n) is 11.5. The van der Waals surface area contributed by atoms with Gasteiger partial charge in [-0.2, -0.15) is 18.3 Å². The van der Waals surface area contributed by atoms with Crippen molar-refractivity contribution in [2.75, 3.05) is 23.3 Å². The van der Waals surface area contributed by atoms with Gasteiger partial charge in [0.2, 0.25) is 0 Å². The molecule has 6 rings (SSSR count). The third kappa shape index (κ3) is 5.76. The molecule has 0 aliphatic carbocycles. The lowest BCUT2D eigenvalue weighted by molar-refractivity contribution is -0.177. The van der Waals surface area contributed by atoms with E-state index in [0.717, 1.165) is 16.9 Å². The highest BCUT2D eigenvalue weighted by Gasteiger charge is 2.54. The van der Waals surface area contributed by atoms with Gasteiger partial charge in [0.15, 0.2) is 0 Å². The maximum atomic E-state index is 14.6. The van der Waals surface area contributed by atoms with Crippen molar-refractivity contribution < 1.29 is 27.8 Å². The first kappa shape index (κ1) is 29.7. The van der Waals surface area contributed by atoms with Crippen LogP contribution in [0.5, 0.6) is 5.75 Å². The number of piperidine rings is 1. The average molecular weight is 606 g/mol. The summed E-state index contributed by atoms with van der Waals surface area (Å²) in [6.45, 7) is 4.98. The zero-order valence-electron chi connectivity index (χ0n) is 24.4. The summed E-state index contributed by atoms with van der Waals surface area (Å²) in [6, 6.07) is 21.8. The van der Waals surface area contributed by atoms with Gasteiger partial charge in [-0.3, -0.25) is 4.79 Å². The molecule has 4 aromatic rings. The third-order valence-corrected chi connectivity index (χ3v) is 8.24. The molecule has 11 heteroatoms. The summed E-state index contributed by atoms with van der Waals surface area (Å²) in [7, 11) is 0. The number of aliphatic hydroxyl groups is 1. The van der Waals surface area contributed by atoms with Crippen LogP contribution in [-0.2, 0) is 4.79 Å². The zero-order chi connectivity index (χ0) is 31.0. The minimum absolute atomic E-state index is 0.0244. The molecule has 1 fully saturated rings. The van der Waals surface area contributed by atoms with Crippen molar-refractivity contribution >= 4 is 17.5 Å². The molecule has 4 heterocycles. The Morgan fingerprint density at radius 2 is 1.57 bits per heavy atom. The lowest BCUT2D eigenvalue weighted by Gasteiger charge is -2.34. The number of nitrogens with one attached hydrogen (secondary N) is 1. The molecule has 0 saturated carbocycles. The van der Waals surface area contributed by atoms with E-state index in [1.807, 2.05) is 86.6 Å². The number of alkyl halides is 3. The Labute approximate surface area is 253 Å². The predicted molar refractivity (Wildman–Crippen MR) is 160 cm³/mol. The number of carbonyl (C=O) groups excluding carboxylic acids is 1. The van der Waals surface area contributed by atoms with E-state index in [1.165, 1.54) is 4.68 Å². The predicted octanol–water partition coefficient (Wildman–Crippen LogP) is 6.05. The molecule has 2 aromatic heterocycles. The van der Waals surface area contributed by atoms with Gasteiger partial charge >= 0.3 is 6.18 Å². The smallest absolute Gasteiger partial charge is 0.398 e. The molecule has 1 saturated heterocycles. The molecule has 2 N–H and O–H groups in total. The fourth-order valence-corrected chi connectivity index (χ4v) is 6.26. The van der Waals surface area contributed by atoms with Gasteiger partial charge in [-0.1, -0.05) is 60.7 Å². The number of aromatic nitrogens is 3. The highest BCUT2D eigenvalue weighted by Crippen LogP contribution is 2.49. The largest absolute Gasteiger partial charge is 0.489 e. The second-order valence-corrected chi connectivity index (χ2v) is 11.5. The lowest BCUT2D eigenvalue weighted by atomic mass is 9.82. The van der Waals surface area contributed by atoms with E-state index in [1.54, 1.807) is 6.20 Å². The standard InChI is InChI=1S/C33H34F3N5O3/c1-20(2)44-24-13-14-25(37-19-24)40-17-15-21(16-18-40)28-26-27(33(34,35)36)30(42)32(43)38-31(26)41(39-28)29(22-9-5-3-6-10-22)23-11-7-4-8-12-23/h3-14,19-21,27,29-30,42H,15-18H2,1-2H3,(H,38,43)/t27-,30+/m1/s1. The Morgan fingerprint density at radius 1 is 0.955 bits per heavy atom. The van der Waals surface area contributed by atoms with Crippen LogP contribution in [0.15, 0.2) is 79.0 Å². The van der Waals surface area contributed by atoms with Gasteiger partial charge in [0, 0.05) is 24.6 Å². The Hall–Kier alpha value is -4.38. The Morgan fingerprint density at radius 3 is 2.09 bits per heavy atom. The first-order valence-corrected chi connectivity index (χ1v) is 14.8. The van der Waals surface area contributed by atoms with Crippen molar-refractivity contribution in [3.05, 3.63) is 101 Å². The fraction of sp³-hybridized carbons (Fsp3) is 0.364. The summed E-state index contributed by atoms with van der Waals surface area (Å²) in [5.41, 5.74) is 1.69. The number of pyridine rings is 1. The van der Waals surface area contributed by atoms with Crippen LogP contribution in [0, 0.1) is 0 Å². The molecule has 0 radical (unpaired) electrons. The number of ether oxygens (including phenoxy) is 1. The van der Waals surface area contributed by atoms with Gasteiger partial charge in [0.25, 0.3) is 5.91 Å². The molecule has 1 amide bonds. The first-order chi connectivity index (χ1) is 21.1. The van der Waals surface area contributed by atoms with Gasteiger partial charge in [0.05, 0.1) is 18.0 Å². The molecular formula is C33H34F3N5O3. The van der Waals surface area contributed by atoms with Gasteiger partial charge in [-0.25, -0.2) is 9.67 Å². The van der Waals surface area contributed by atoms with Crippen molar-refractivity contribution in [1.29, 1.82) is 0 Å². The number of benzene rings is 2. The van der Waals surface area contributed by atoms with E-state index in [4.69, 9.17) is 9.84 Å². The monoisotopic (exact) mass is 605 g/mol.